The third kappa shape index (κ3) is 6.27. The van der Waals surface area contributed by atoms with Crippen LogP contribution in [0.25, 0.3) is 0 Å². The molecule has 2 N–H and O–H groups in total. The fourth-order valence-corrected chi connectivity index (χ4v) is 0.530. The van der Waals surface area contributed by atoms with Crippen molar-refractivity contribution in [2.45, 2.75) is 19.9 Å². The normalized spacial score (nSPS) is 10.3. The monoisotopic (exact) mass is 120 g/mol. The van der Waals surface area contributed by atoms with Crippen LogP contribution in [0, 0.1) is 0 Å². The van der Waals surface area contributed by atoms with Crippen LogP contribution in [0.4, 0.5) is 0 Å². The Morgan fingerprint density at radius 2 is 2.00 bits per heavy atom. The van der Waals surface area contributed by atoms with Crippen molar-refractivity contribution in [1.82, 2.24) is 9.44 Å². The minimum Gasteiger partial charge on any atom is -0.254 e. The molecular weight excluding hydrogens is 108 g/mol. The van der Waals surface area contributed by atoms with E-state index >= 15 is 0 Å². The Bertz CT molecular complexity index is 38.7. The molecule has 0 rings (SSSR count). The van der Waals surface area contributed by atoms with Gasteiger partial charge in [-0.15, -0.1) is 0 Å². The first-order valence-corrected chi connectivity index (χ1v) is 3.17. The maximum absolute atomic E-state index is 3.10. The Hall–Kier alpha value is 0.270. The molecule has 2 nitrogen and oxygen atoms in total. The Morgan fingerprint density at radius 1 is 1.43 bits per heavy atom. The number of hydrogen-bond acceptors (Lipinski definition) is 3. The Balaban J connectivity index is 2.68. The van der Waals surface area contributed by atoms with Crippen LogP contribution in [-0.4, -0.2) is 13.1 Å². The zero-order chi connectivity index (χ0) is 5.70. The highest BCUT2D eigenvalue weighted by Crippen LogP contribution is 1.85. The summed E-state index contributed by atoms with van der Waals surface area (Å²) in [6.07, 6.45) is 0. The topological polar surface area (TPSA) is 24.1 Å². The first-order chi connectivity index (χ1) is 3.27. The largest absolute Gasteiger partial charge is 0.254 e. The molecule has 0 heterocycles. The number of hydrogen-bond donors (Lipinski definition) is 2. The van der Waals surface area contributed by atoms with Gasteiger partial charge in [0.05, 0.1) is 0 Å². The van der Waals surface area contributed by atoms with E-state index in [1.54, 1.807) is 0 Å². The van der Waals surface area contributed by atoms with Gasteiger partial charge >= 0.3 is 0 Å². The molecule has 3 heteroatoms. The molecule has 0 radical (unpaired) electrons. The van der Waals surface area contributed by atoms with E-state index in [1.165, 1.54) is 12.1 Å². The van der Waals surface area contributed by atoms with Gasteiger partial charge in [-0.05, 0) is 20.9 Å². The maximum Gasteiger partial charge on any atom is 0.0127 e. The summed E-state index contributed by atoms with van der Waals surface area (Å²) in [7, 11) is 1.89. The summed E-state index contributed by atoms with van der Waals surface area (Å²) < 4.78 is 6.01. The van der Waals surface area contributed by atoms with E-state index in [-0.39, 0.29) is 0 Å². The zero-order valence-corrected chi connectivity index (χ0v) is 5.80. The van der Waals surface area contributed by atoms with Gasteiger partial charge in [-0.25, -0.2) is 4.72 Å². The van der Waals surface area contributed by atoms with Crippen molar-refractivity contribution < 1.29 is 0 Å². The second-order valence-electron chi connectivity index (χ2n) is 1.58. The predicted molar refractivity (Wildman–Crippen MR) is 34.9 cm³/mol. The minimum absolute atomic E-state index is 0.553. The van der Waals surface area contributed by atoms with Crippen LogP contribution in [0.5, 0.6) is 0 Å². The highest BCUT2D eigenvalue weighted by atomic mass is 32.2. The molecule has 0 unspecified atom stereocenters. The maximum atomic E-state index is 3.10. The Labute approximate surface area is 49.3 Å². The molecule has 0 saturated carbocycles. The molecule has 0 aliphatic rings. The van der Waals surface area contributed by atoms with Gasteiger partial charge in [0.25, 0.3) is 0 Å². The van der Waals surface area contributed by atoms with Crippen LogP contribution >= 0.6 is 12.1 Å². The average molecular weight is 120 g/mol. The third-order valence-corrected chi connectivity index (χ3v) is 1.19. The van der Waals surface area contributed by atoms with E-state index in [4.69, 9.17) is 0 Å². The second kappa shape index (κ2) is 4.43. The van der Waals surface area contributed by atoms with Gasteiger partial charge in [-0.3, -0.25) is 4.72 Å². The van der Waals surface area contributed by atoms with Crippen molar-refractivity contribution in [3.8, 4) is 0 Å². The van der Waals surface area contributed by atoms with Crippen molar-refractivity contribution in [2.75, 3.05) is 7.05 Å². The SMILES string of the molecule is CNSNC(C)C. The highest BCUT2D eigenvalue weighted by Gasteiger charge is 1.85. The lowest BCUT2D eigenvalue weighted by molar-refractivity contribution is 0.768. The molecule has 0 amide bonds. The summed E-state index contributed by atoms with van der Waals surface area (Å²) in [6.45, 7) is 4.20. The number of nitrogens with one attached hydrogen (secondary N) is 2. The average Bonchev–Trinajstić information content (AvgIpc) is 1.61. The van der Waals surface area contributed by atoms with Crippen molar-refractivity contribution in [2.24, 2.45) is 0 Å². The first kappa shape index (κ1) is 7.27. The van der Waals surface area contributed by atoms with Crippen molar-refractivity contribution in [3.63, 3.8) is 0 Å². The van der Waals surface area contributed by atoms with Crippen LogP contribution in [0.3, 0.4) is 0 Å². The molecule has 0 aromatic rings. The highest BCUT2D eigenvalue weighted by molar-refractivity contribution is 7.95. The first-order valence-electron chi connectivity index (χ1n) is 2.35. The van der Waals surface area contributed by atoms with Gasteiger partial charge in [0.2, 0.25) is 0 Å². The summed E-state index contributed by atoms with van der Waals surface area (Å²) >= 11 is 1.52. The lowest BCUT2D eigenvalue weighted by atomic mass is 10.4. The van der Waals surface area contributed by atoms with Crippen LogP contribution < -0.4 is 9.44 Å². The van der Waals surface area contributed by atoms with Crippen LogP contribution in [0.2, 0.25) is 0 Å². The lowest BCUT2D eigenvalue weighted by Crippen LogP contribution is -2.17. The summed E-state index contributed by atoms with van der Waals surface area (Å²) in [5.74, 6) is 0. The lowest BCUT2D eigenvalue weighted by Gasteiger charge is -2.02. The van der Waals surface area contributed by atoms with Gasteiger partial charge in [0, 0.05) is 18.2 Å². The van der Waals surface area contributed by atoms with E-state index in [2.05, 4.69) is 23.3 Å². The molecule has 0 aliphatic heterocycles. The molecular formula is C4H12N2S. The molecule has 7 heavy (non-hydrogen) atoms. The smallest absolute Gasteiger partial charge is 0.0127 e. The summed E-state index contributed by atoms with van der Waals surface area (Å²) in [5, 5.41) is 0. The molecule has 44 valence electrons. The number of rotatable bonds is 3. The molecule has 0 aromatic carbocycles. The van der Waals surface area contributed by atoms with E-state index in [0.717, 1.165) is 0 Å². The van der Waals surface area contributed by atoms with Gasteiger partial charge < -0.3 is 0 Å². The molecule has 0 aliphatic carbocycles. The van der Waals surface area contributed by atoms with Crippen LogP contribution in [0.15, 0.2) is 0 Å². The van der Waals surface area contributed by atoms with E-state index < -0.39 is 0 Å². The molecule has 0 saturated heterocycles. The quantitative estimate of drug-likeness (QED) is 0.538. The Kier molecular flexibility index (Phi) is 4.60. The summed E-state index contributed by atoms with van der Waals surface area (Å²) in [6, 6.07) is 0.553. The molecule has 0 spiro atoms. The van der Waals surface area contributed by atoms with Crippen molar-refractivity contribution in [3.05, 3.63) is 0 Å². The van der Waals surface area contributed by atoms with Gasteiger partial charge in [0.15, 0.2) is 0 Å². The fraction of sp³-hybridized carbons (Fsp3) is 1.00. The van der Waals surface area contributed by atoms with Crippen LogP contribution in [0.1, 0.15) is 13.8 Å². The predicted octanol–water partition coefficient (Wildman–Crippen LogP) is 0.767. The zero-order valence-electron chi connectivity index (χ0n) is 4.99. The van der Waals surface area contributed by atoms with E-state index in [1.807, 2.05) is 7.05 Å². The minimum atomic E-state index is 0.553. The molecule has 0 bridgehead atoms. The standard InChI is InChI=1S/C4H12N2S/c1-4(2)6-7-5-3/h4-6H,1-3H3. The van der Waals surface area contributed by atoms with E-state index in [9.17, 15) is 0 Å². The van der Waals surface area contributed by atoms with Gasteiger partial charge in [-0.1, -0.05) is 0 Å². The second-order valence-corrected chi connectivity index (χ2v) is 2.43. The summed E-state index contributed by atoms with van der Waals surface area (Å²) in [4.78, 5) is 0. The molecule has 0 aromatic heterocycles. The summed E-state index contributed by atoms with van der Waals surface area (Å²) in [5.41, 5.74) is 0. The van der Waals surface area contributed by atoms with Gasteiger partial charge in [0.1, 0.15) is 0 Å². The molecule has 0 fully saturated rings. The third-order valence-electron chi connectivity index (χ3n) is 0.397. The van der Waals surface area contributed by atoms with Crippen LogP contribution in [-0.2, 0) is 0 Å². The Morgan fingerprint density at radius 3 is 2.14 bits per heavy atom. The molecule has 0 atom stereocenters. The fourth-order valence-electron chi connectivity index (χ4n) is 0.177. The van der Waals surface area contributed by atoms with Crippen molar-refractivity contribution >= 4 is 12.1 Å². The van der Waals surface area contributed by atoms with E-state index in [0.29, 0.717) is 6.04 Å². The van der Waals surface area contributed by atoms with Crippen molar-refractivity contribution in [1.29, 1.82) is 0 Å². The van der Waals surface area contributed by atoms with Gasteiger partial charge in [-0.2, -0.15) is 0 Å².